The first-order valence-electron chi connectivity index (χ1n) is 9.17. The second-order valence-electron chi connectivity index (χ2n) is 6.94. The Morgan fingerprint density at radius 1 is 1.21 bits per heavy atom. The summed E-state index contributed by atoms with van der Waals surface area (Å²) in [5, 5.41) is 0.873. The van der Waals surface area contributed by atoms with Crippen LogP contribution in [0.15, 0.2) is 50.5 Å². The molecule has 7 heteroatoms. The maximum absolute atomic E-state index is 13.4. The Kier molecular flexibility index (Phi) is 5.42. The third-order valence-corrected chi connectivity index (χ3v) is 6.37. The fraction of sp³-hybridized carbons (Fsp3) is 0.273. The molecule has 0 saturated heterocycles. The van der Waals surface area contributed by atoms with Gasteiger partial charge in [-0.1, -0.05) is 23.7 Å². The molecule has 1 aliphatic heterocycles. The molecule has 0 N–H and O–H groups in total. The average Bonchev–Trinajstić information content (AvgIpc) is 3.00. The van der Waals surface area contributed by atoms with Crippen molar-refractivity contribution >= 4 is 40.2 Å². The zero-order chi connectivity index (χ0) is 20.7. The minimum Gasteiger partial charge on any atom is -0.450 e. The largest absolute Gasteiger partial charge is 0.450 e. The number of hydrogen-bond acceptors (Lipinski definition) is 5. The van der Waals surface area contributed by atoms with Gasteiger partial charge < -0.3 is 14.1 Å². The lowest BCUT2D eigenvalue weighted by Gasteiger charge is -2.24. The normalized spacial score (nSPS) is 15.9. The molecule has 2 heterocycles. The van der Waals surface area contributed by atoms with Gasteiger partial charge in [0.15, 0.2) is 5.43 Å². The van der Waals surface area contributed by atoms with E-state index < -0.39 is 6.04 Å². The van der Waals surface area contributed by atoms with Crippen LogP contribution in [0.4, 0.5) is 0 Å². The molecule has 4 rings (SSSR count). The number of rotatable bonds is 5. The summed E-state index contributed by atoms with van der Waals surface area (Å²) < 4.78 is 11.1. The Bertz CT molecular complexity index is 1160. The van der Waals surface area contributed by atoms with E-state index in [0.717, 1.165) is 16.0 Å². The quantitative estimate of drug-likeness (QED) is 0.551. The molecule has 1 aromatic heterocycles. The van der Waals surface area contributed by atoms with Gasteiger partial charge in [0.2, 0.25) is 5.76 Å². The van der Waals surface area contributed by atoms with Gasteiger partial charge >= 0.3 is 0 Å². The smallest absolute Gasteiger partial charge is 0.290 e. The van der Waals surface area contributed by atoms with Gasteiger partial charge in [-0.25, -0.2) is 0 Å². The van der Waals surface area contributed by atoms with Crippen molar-refractivity contribution in [3.05, 3.63) is 74.1 Å². The van der Waals surface area contributed by atoms with E-state index in [-0.39, 0.29) is 17.1 Å². The van der Waals surface area contributed by atoms with Crippen LogP contribution in [-0.4, -0.2) is 37.3 Å². The minimum absolute atomic E-state index is 0.0965. The first kappa shape index (κ1) is 20.0. The molecule has 0 fully saturated rings. The molecule has 29 heavy (non-hydrogen) atoms. The molecule has 3 aromatic rings. The van der Waals surface area contributed by atoms with Crippen LogP contribution in [0, 0.1) is 6.92 Å². The van der Waals surface area contributed by atoms with E-state index in [2.05, 4.69) is 0 Å². The Morgan fingerprint density at radius 3 is 2.59 bits per heavy atom. The summed E-state index contributed by atoms with van der Waals surface area (Å²) in [5.74, 6) is -0.207. The number of thioether (sulfide) groups is 1. The number of amides is 1. The van der Waals surface area contributed by atoms with E-state index >= 15 is 0 Å². The highest BCUT2D eigenvalue weighted by Crippen LogP contribution is 2.38. The van der Waals surface area contributed by atoms with E-state index in [0.29, 0.717) is 34.7 Å². The molecule has 5 nitrogen and oxygen atoms in total. The van der Waals surface area contributed by atoms with Crippen LogP contribution < -0.4 is 5.43 Å². The number of benzene rings is 2. The minimum atomic E-state index is -0.524. The van der Waals surface area contributed by atoms with Crippen molar-refractivity contribution in [1.82, 2.24) is 4.90 Å². The van der Waals surface area contributed by atoms with Crippen molar-refractivity contribution in [3.63, 3.8) is 0 Å². The molecule has 1 atom stereocenters. The van der Waals surface area contributed by atoms with Crippen molar-refractivity contribution in [3.8, 4) is 0 Å². The molecule has 0 radical (unpaired) electrons. The monoisotopic (exact) mass is 429 g/mol. The second-order valence-corrected chi connectivity index (χ2v) is 8.23. The summed E-state index contributed by atoms with van der Waals surface area (Å²) in [4.78, 5) is 29.3. The van der Waals surface area contributed by atoms with E-state index in [4.69, 9.17) is 20.8 Å². The van der Waals surface area contributed by atoms with E-state index in [1.54, 1.807) is 35.9 Å². The van der Waals surface area contributed by atoms with Crippen molar-refractivity contribution in [2.75, 3.05) is 26.5 Å². The predicted molar refractivity (Wildman–Crippen MR) is 115 cm³/mol. The number of nitrogens with zero attached hydrogens (tertiary/aromatic N) is 1. The van der Waals surface area contributed by atoms with Gasteiger partial charge in [-0.15, -0.1) is 11.8 Å². The number of hydrogen-bond donors (Lipinski definition) is 0. The van der Waals surface area contributed by atoms with Crippen molar-refractivity contribution < 1.29 is 13.9 Å². The predicted octanol–water partition coefficient (Wildman–Crippen LogP) is 4.67. The molecule has 0 bridgehead atoms. The summed E-state index contributed by atoms with van der Waals surface area (Å²) in [6, 6.07) is 10.7. The summed E-state index contributed by atoms with van der Waals surface area (Å²) >= 11 is 7.88. The molecule has 150 valence electrons. The summed E-state index contributed by atoms with van der Waals surface area (Å²) in [5.41, 5.74) is 2.14. The lowest BCUT2D eigenvalue weighted by atomic mass is 9.98. The van der Waals surface area contributed by atoms with E-state index in [9.17, 15) is 9.59 Å². The van der Waals surface area contributed by atoms with E-state index in [1.807, 2.05) is 37.4 Å². The number of carbonyl (C=O) groups is 1. The Hall–Kier alpha value is -2.28. The van der Waals surface area contributed by atoms with Gasteiger partial charge in [-0.3, -0.25) is 9.59 Å². The first-order chi connectivity index (χ1) is 14.0. The fourth-order valence-corrected chi connectivity index (χ4v) is 4.27. The number of carbonyl (C=O) groups excluding carboxylic acids is 1. The molecule has 1 unspecified atom stereocenters. The Labute approximate surface area is 177 Å². The first-order valence-corrected chi connectivity index (χ1v) is 10.8. The molecule has 2 aromatic carbocycles. The lowest BCUT2D eigenvalue weighted by molar-refractivity contribution is 0.0663. The van der Waals surface area contributed by atoms with E-state index in [1.165, 1.54) is 0 Å². The van der Waals surface area contributed by atoms with Gasteiger partial charge in [-0.2, -0.15) is 0 Å². The van der Waals surface area contributed by atoms with Gasteiger partial charge in [0.1, 0.15) is 5.58 Å². The highest BCUT2D eigenvalue weighted by atomic mass is 35.5. The summed E-state index contributed by atoms with van der Waals surface area (Å²) in [6.45, 7) is 2.54. The average molecular weight is 430 g/mol. The number of halogens is 1. The number of ether oxygens (including phenoxy) is 1. The number of fused-ring (bicyclic) bond motifs is 2. The molecule has 0 aliphatic carbocycles. The SMILES string of the molecule is COCCN1C(=O)c2oc3cc(C)c(Cl)cc3c(=O)c2C1c1ccc(SC)cc1. The van der Waals surface area contributed by atoms with Crippen LogP contribution in [0.1, 0.15) is 33.3 Å². The van der Waals surface area contributed by atoms with Crippen molar-refractivity contribution in [2.45, 2.75) is 17.9 Å². The molecule has 1 amide bonds. The van der Waals surface area contributed by atoms with Crippen LogP contribution >= 0.6 is 23.4 Å². The zero-order valence-corrected chi connectivity index (χ0v) is 17.9. The lowest BCUT2D eigenvalue weighted by Crippen LogP contribution is -2.32. The standard InChI is InChI=1S/C22H20ClNO4S/c1-12-10-17-15(11-16(12)23)20(25)18-19(13-4-6-14(29-3)7-5-13)24(8-9-27-2)22(26)21(18)28-17/h4-7,10-11,19H,8-9H2,1-3H3. The maximum atomic E-state index is 13.4. The maximum Gasteiger partial charge on any atom is 0.290 e. The Morgan fingerprint density at radius 2 is 1.93 bits per heavy atom. The van der Waals surface area contributed by atoms with Crippen LogP contribution in [0.5, 0.6) is 0 Å². The highest BCUT2D eigenvalue weighted by molar-refractivity contribution is 7.98. The van der Waals surface area contributed by atoms with Gasteiger partial charge in [0.25, 0.3) is 5.91 Å². The van der Waals surface area contributed by atoms with Crippen LogP contribution in [0.25, 0.3) is 11.0 Å². The van der Waals surface area contributed by atoms with Gasteiger partial charge in [0, 0.05) is 23.6 Å². The topological polar surface area (TPSA) is 59.8 Å². The highest BCUT2D eigenvalue weighted by Gasteiger charge is 2.42. The molecule has 0 spiro atoms. The van der Waals surface area contributed by atoms with Crippen molar-refractivity contribution in [1.29, 1.82) is 0 Å². The van der Waals surface area contributed by atoms with Crippen LogP contribution in [0.2, 0.25) is 5.02 Å². The third kappa shape index (κ3) is 3.35. The fourth-order valence-electron chi connectivity index (χ4n) is 3.69. The van der Waals surface area contributed by atoms with Crippen LogP contribution in [0.3, 0.4) is 0 Å². The van der Waals surface area contributed by atoms with Gasteiger partial charge in [-0.05, 0) is 48.6 Å². The zero-order valence-electron chi connectivity index (χ0n) is 16.3. The Balaban J connectivity index is 1.95. The number of aryl methyl sites for hydroxylation is 1. The molecule has 0 saturated carbocycles. The molecule has 1 aliphatic rings. The number of methoxy groups -OCH3 is 1. The molecular weight excluding hydrogens is 410 g/mol. The third-order valence-electron chi connectivity index (χ3n) is 5.21. The second kappa shape index (κ2) is 7.86. The van der Waals surface area contributed by atoms with Crippen LogP contribution in [-0.2, 0) is 4.74 Å². The molecular formula is C22H20ClNO4S. The van der Waals surface area contributed by atoms with Gasteiger partial charge in [0.05, 0.1) is 23.6 Å². The summed E-state index contributed by atoms with van der Waals surface area (Å²) in [6.07, 6.45) is 2.00. The summed E-state index contributed by atoms with van der Waals surface area (Å²) in [7, 11) is 1.58. The van der Waals surface area contributed by atoms with Crippen molar-refractivity contribution in [2.24, 2.45) is 0 Å².